The van der Waals surface area contributed by atoms with Gasteiger partial charge in [-0.1, -0.05) is 42.5 Å². The van der Waals surface area contributed by atoms with Crippen molar-refractivity contribution in [3.05, 3.63) is 59.2 Å². The Labute approximate surface area is 221 Å². The van der Waals surface area contributed by atoms with Crippen LogP contribution in [0, 0.1) is 18.3 Å². The highest BCUT2D eigenvalue weighted by atomic mass is 19.4. The van der Waals surface area contributed by atoms with Gasteiger partial charge in [0.15, 0.2) is 6.10 Å². The lowest BCUT2D eigenvalue weighted by atomic mass is 9.93. The molecule has 3 atom stereocenters. The van der Waals surface area contributed by atoms with Crippen LogP contribution in [-0.2, 0) is 4.79 Å². The number of hydrogen-bond acceptors (Lipinski definition) is 4. The molecule has 0 radical (unpaired) electrons. The van der Waals surface area contributed by atoms with Crippen molar-refractivity contribution < 1.29 is 40.6 Å². The second kappa shape index (κ2) is 10.8. The number of nitrogens with zero attached hydrogens (tertiary/aromatic N) is 1. The van der Waals surface area contributed by atoms with Gasteiger partial charge in [-0.2, -0.15) is 31.6 Å². The predicted octanol–water partition coefficient (Wildman–Crippen LogP) is 6.13. The molecule has 1 fully saturated rings. The van der Waals surface area contributed by atoms with Crippen molar-refractivity contribution in [2.45, 2.75) is 81.8 Å². The first kappa shape index (κ1) is 30.4. The van der Waals surface area contributed by atoms with E-state index in [1.54, 1.807) is 0 Å². The Bertz CT molecular complexity index is 1220. The van der Waals surface area contributed by atoms with Crippen molar-refractivity contribution in [1.82, 2.24) is 10.6 Å². The molecular formula is C27H28F7N3O2. The summed E-state index contributed by atoms with van der Waals surface area (Å²) in [5.74, 6) is -0.913. The van der Waals surface area contributed by atoms with E-state index >= 15 is 0 Å². The maximum atomic E-state index is 14.5. The molecule has 12 heteroatoms. The van der Waals surface area contributed by atoms with Gasteiger partial charge in [-0.05, 0) is 61.4 Å². The summed E-state index contributed by atoms with van der Waals surface area (Å²) < 4.78 is 95.5. The number of halogens is 7. The zero-order valence-corrected chi connectivity index (χ0v) is 21.3. The van der Waals surface area contributed by atoms with Crippen molar-refractivity contribution in [1.29, 1.82) is 5.26 Å². The second-order valence-electron chi connectivity index (χ2n) is 10.4. The van der Waals surface area contributed by atoms with Crippen LogP contribution in [0.5, 0.6) is 0 Å². The molecule has 0 aromatic heterocycles. The van der Waals surface area contributed by atoms with Gasteiger partial charge < -0.3 is 10.4 Å². The number of alkyl halides is 7. The molecule has 1 aliphatic carbocycles. The molecule has 2 unspecified atom stereocenters. The lowest BCUT2D eigenvalue weighted by molar-refractivity contribution is -0.206. The number of carbonyl (C=O) groups is 1. The smallest absolute Gasteiger partial charge is 0.379 e. The van der Waals surface area contributed by atoms with E-state index in [9.17, 15) is 45.9 Å². The monoisotopic (exact) mass is 559 g/mol. The molecular weight excluding hydrogens is 531 g/mol. The number of amides is 1. The number of aryl methyl sites for hydroxylation is 1. The maximum Gasteiger partial charge on any atom is 0.418 e. The summed E-state index contributed by atoms with van der Waals surface area (Å²) in [6.45, 7) is 3.67. The fourth-order valence-corrected chi connectivity index (χ4v) is 4.21. The highest BCUT2D eigenvalue weighted by molar-refractivity contribution is 5.83. The standard InChI is InChI=1S/C27H28F7N3O2/c1-15-12-18(16-4-6-17(7-5-16)22(38)27(32,33)34)8-9-19(15)21(26(29,30)31)36-20(13-24(2,3)28)23(39)37-25(14-35)10-11-25/h4-9,12,20-22,36,38H,10-11,13H2,1-3H3,(H,37,39)/t20-,21?,22?/m0/s1. The van der Waals surface area contributed by atoms with Gasteiger partial charge in [0.1, 0.15) is 17.2 Å². The van der Waals surface area contributed by atoms with Crippen molar-refractivity contribution in [3.8, 4) is 17.2 Å². The van der Waals surface area contributed by atoms with Gasteiger partial charge >= 0.3 is 12.4 Å². The number of nitriles is 1. The van der Waals surface area contributed by atoms with Crippen LogP contribution >= 0.6 is 0 Å². The first-order chi connectivity index (χ1) is 17.8. The van der Waals surface area contributed by atoms with E-state index in [1.807, 2.05) is 6.07 Å². The minimum Gasteiger partial charge on any atom is -0.379 e. The van der Waals surface area contributed by atoms with Crippen LogP contribution in [-0.4, -0.2) is 40.6 Å². The fraction of sp³-hybridized carbons (Fsp3) is 0.481. The molecule has 39 heavy (non-hydrogen) atoms. The third-order valence-corrected chi connectivity index (χ3v) is 6.48. The van der Waals surface area contributed by atoms with Crippen molar-refractivity contribution in [2.75, 3.05) is 0 Å². The second-order valence-corrected chi connectivity index (χ2v) is 10.4. The van der Waals surface area contributed by atoms with E-state index < -0.39 is 54.1 Å². The zero-order chi connectivity index (χ0) is 29.4. The van der Waals surface area contributed by atoms with Gasteiger partial charge in [-0.15, -0.1) is 0 Å². The van der Waals surface area contributed by atoms with Gasteiger partial charge in [0.2, 0.25) is 5.91 Å². The number of aliphatic hydroxyl groups is 1. The highest BCUT2D eigenvalue weighted by Gasteiger charge is 2.48. The van der Waals surface area contributed by atoms with Crippen LogP contribution in [0.2, 0.25) is 0 Å². The van der Waals surface area contributed by atoms with Gasteiger partial charge in [0, 0.05) is 6.42 Å². The largest absolute Gasteiger partial charge is 0.418 e. The minimum absolute atomic E-state index is 0.163. The Morgan fingerprint density at radius 1 is 1.00 bits per heavy atom. The lowest BCUT2D eigenvalue weighted by Gasteiger charge is -2.31. The average molecular weight is 560 g/mol. The maximum absolute atomic E-state index is 14.5. The molecule has 0 bridgehead atoms. The summed E-state index contributed by atoms with van der Waals surface area (Å²) in [4.78, 5) is 12.8. The third kappa shape index (κ3) is 7.70. The number of aliphatic hydroxyl groups excluding tert-OH is 1. The number of carbonyl (C=O) groups excluding carboxylic acids is 1. The summed E-state index contributed by atoms with van der Waals surface area (Å²) in [7, 11) is 0. The fourth-order valence-electron chi connectivity index (χ4n) is 4.21. The Balaban J connectivity index is 1.90. The van der Waals surface area contributed by atoms with Crippen LogP contribution < -0.4 is 10.6 Å². The molecule has 2 aromatic carbocycles. The normalized spacial score (nSPS) is 17.6. The van der Waals surface area contributed by atoms with Crippen LogP contribution in [0.25, 0.3) is 11.1 Å². The molecule has 2 aromatic rings. The average Bonchev–Trinajstić information content (AvgIpc) is 3.59. The van der Waals surface area contributed by atoms with E-state index in [0.29, 0.717) is 24.0 Å². The Kier molecular flexibility index (Phi) is 8.39. The van der Waals surface area contributed by atoms with E-state index in [-0.39, 0.29) is 16.7 Å². The molecule has 5 nitrogen and oxygen atoms in total. The topological polar surface area (TPSA) is 85.2 Å². The van der Waals surface area contributed by atoms with Gasteiger partial charge in [-0.3, -0.25) is 10.1 Å². The summed E-state index contributed by atoms with van der Waals surface area (Å²) in [6.07, 6.45) is -12.3. The van der Waals surface area contributed by atoms with E-state index in [0.717, 1.165) is 26.0 Å². The summed E-state index contributed by atoms with van der Waals surface area (Å²) in [5.41, 5.74) is -2.79. The Hall–Kier alpha value is -3.17. The molecule has 0 saturated heterocycles. The molecule has 212 valence electrons. The van der Waals surface area contributed by atoms with Crippen LogP contribution in [0.4, 0.5) is 30.7 Å². The van der Waals surface area contributed by atoms with E-state index in [4.69, 9.17) is 0 Å². The number of nitrogens with one attached hydrogen (secondary N) is 2. The number of rotatable bonds is 9. The van der Waals surface area contributed by atoms with Gasteiger partial charge in [0.05, 0.1) is 12.1 Å². The molecule has 0 heterocycles. The molecule has 0 aliphatic heterocycles. The number of hydrogen-bond donors (Lipinski definition) is 3. The highest BCUT2D eigenvalue weighted by Crippen LogP contribution is 2.39. The van der Waals surface area contributed by atoms with Crippen molar-refractivity contribution in [3.63, 3.8) is 0 Å². The van der Waals surface area contributed by atoms with Crippen LogP contribution in [0.1, 0.15) is 61.9 Å². The third-order valence-electron chi connectivity index (χ3n) is 6.48. The van der Waals surface area contributed by atoms with Crippen molar-refractivity contribution in [2.24, 2.45) is 0 Å². The van der Waals surface area contributed by atoms with Gasteiger partial charge in [0.25, 0.3) is 0 Å². The summed E-state index contributed by atoms with van der Waals surface area (Å²) in [6, 6.07) is 6.67. The SMILES string of the molecule is Cc1cc(-c2ccc(C(O)C(F)(F)F)cc2)ccc1C(N[C@@H](CC(C)(C)F)C(=O)NC1(C#N)CC1)C(F)(F)F. The molecule has 0 spiro atoms. The molecule has 1 saturated carbocycles. The first-order valence-corrected chi connectivity index (χ1v) is 12.1. The summed E-state index contributed by atoms with van der Waals surface area (Å²) >= 11 is 0. The molecule has 3 N–H and O–H groups in total. The Morgan fingerprint density at radius 2 is 1.56 bits per heavy atom. The first-order valence-electron chi connectivity index (χ1n) is 12.1. The van der Waals surface area contributed by atoms with E-state index in [2.05, 4.69) is 10.6 Å². The molecule has 1 amide bonds. The van der Waals surface area contributed by atoms with Crippen LogP contribution in [0.3, 0.4) is 0 Å². The van der Waals surface area contributed by atoms with Gasteiger partial charge in [-0.25, -0.2) is 4.39 Å². The zero-order valence-electron chi connectivity index (χ0n) is 21.3. The van der Waals surface area contributed by atoms with Crippen molar-refractivity contribution >= 4 is 5.91 Å². The predicted molar refractivity (Wildman–Crippen MR) is 129 cm³/mol. The lowest BCUT2D eigenvalue weighted by Crippen LogP contribution is -2.53. The van der Waals surface area contributed by atoms with E-state index in [1.165, 1.54) is 37.3 Å². The quantitative estimate of drug-likeness (QED) is 0.323. The summed E-state index contributed by atoms with van der Waals surface area (Å²) in [5, 5.41) is 23.3. The Morgan fingerprint density at radius 3 is 2.00 bits per heavy atom. The number of benzene rings is 2. The van der Waals surface area contributed by atoms with Crippen LogP contribution in [0.15, 0.2) is 42.5 Å². The minimum atomic E-state index is -4.88. The molecule has 1 aliphatic rings. The molecule has 3 rings (SSSR count).